The highest BCUT2D eigenvalue weighted by molar-refractivity contribution is 5.68. The molecule has 0 atom stereocenters. The fourth-order valence-corrected chi connectivity index (χ4v) is 1.61. The number of anilines is 1. The van der Waals surface area contributed by atoms with Crippen molar-refractivity contribution in [3.8, 4) is 22.8 Å². The molecule has 0 amide bonds. The van der Waals surface area contributed by atoms with Gasteiger partial charge in [-0.3, -0.25) is 10.1 Å². The number of hydrogen-bond acceptors (Lipinski definition) is 6. The Morgan fingerprint density at radius 3 is 2.89 bits per heavy atom. The van der Waals surface area contributed by atoms with E-state index in [2.05, 4.69) is 25.3 Å². The van der Waals surface area contributed by atoms with Crippen molar-refractivity contribution in [1.82, 2.24) is 25.3 Å². The van der Waals surface area contributed by atoms with Crippen molar-refractivity contribution >= 4 is 5.82 Å². The van der Waals surface area contributed by atoms with Crippen LogP contribution in [0.15, 0.2) is 29.2 Å². The van der Waals surface area contributed by atoms with E-state index in [0.29, 0.717) is 23.1 Å². The summed E-state index contributed by atoms with van der Waals surface area (Å²) in [6, 6.07) is 1.89. The van der Waals surface area contributed by atoms with Crippen LogP contribution < -0.4 is 5.73 Å². The van der Waals surface area contributed by atoms with Crippen LogP contribution in [0.4, 0.5) is 5.82 Å². The van der Waals surface area contributed by atoms with Crippen LogP contribution in [-0.4, -0.2) is 25.3 Å². The summed E-state index contributed by atoms with van der Waals surface area (Å²) < 4.78 is 5.17. The number of hydrogen-bond donors (Lipinski definition) is 2. The summed E-state index contributed by atoms with van der Waals surface area (Å²) in [7, 11) is 0. The lowest BCUT2D eigenvalue weighted by Crippen LogP contribution is -1.88. The first-order valence-electron chi connectivity index (χ1n) is 5.29. The largest absolute Gasteiger partial charge is 0.383 e. The molecule has 90 valence electrons. The third-order valence-corrected chi connectivity index (χ3v) is 2.61. The minimum atomic E-state index is 0.333. The monoisotopic (exact) mass is 242 g/mol. The standard InChI is InChI=1S/C11H10N6O/c1-6-2-3-13-4-7(6)10-15-11(18-17-10)8-5-14-16-9(8)12/h2-5H,1H3,(H3,12,14,16). The summed E-state index contributed by atoms with van der Waals surface area (Å²) in [4.78, 5) is 8.33. The lowest BCUT2D eigenvalue weighted by molar-refractivity contribution is 0.432. The van der Waals surface area contributed by atoms with Crippen LogP contribution in [0.3, 0.4) is 0 Å². The van der Waals surface area contributed by atoms with Crippen molar-refractivity contribution in [2.75, 3.05) is 5.73 Å². The van der Waals surface area contributed by atoms with Crippen molar-refractivity contribution in [3.63, 3.8) is 0 Å². The van der Waals surface area contributed by atoms with Crippen LogP contribution in [-0.2, 0) is 0 Å². The van der Waals surface area contributed by atoms with Gasteiger partial charge in [0.15, 0.2) is 0 Å². The van der Waals surface area contributed by atoms with E-state index in [1.165, 1.54) is 0 Å². The van der Waals surface area contributed by atoms with Gasteiger partial charge in [0.1, 0.15) is 11.4 Å². The first-order chi connectivity index (χ1) is 8.75. The van der Waals surface area contributed by atoms with E-state index >= 15 is 0 Å². The van der Waals surface area contributed by atoms with E-state index in [9.17, 15) is 0 Å². The molecule has 3 aromatic heterocycles. The Bertz CT molecular complexity index is 686. The van der Waals surface area contributed by atoms with Crippen LogP contribution >= 0.6 is 0 Å². The molecular weight excluding hydrogens is 232 g/mol. The Kier molecular flexibility index (Phi) is 2.30. The minimum Gasteiger partial charge on any atom is -0.383 e. The molecule has 3 aromatic rings. The average Bonchev–Trinajstić information content (AvgIpc) is 2.98. The average molecular weight is 242 g/mol. The fourth-order valence-electron chi connectivity index (χ4n) is 1.61. The van der Waals surface area contributed by atoms with E-state index < -0.39 is 0 Å². The molecule has 7 nitrogen and oxygen atoms in total. The first-order valence-corrected chi connectivity index (χ1v) is 5.29. The van der Waals surface area contributed by atoms with Gasteiger partial charge in [-0.1, -0.05) is 5.16 Å². The Balaban J connectivity index is 2.05. The van der Waals surface area contributed by atoms with Gasteiger partial charge in [0.25, 0.3) is 5.89 Å². The molecule has 0 aliphatic carbocycles. The first kappa shape index (κ1) is 10.5. The molecule has 0 radical (unpaired) electrons. The van der Waals surface area contributed by atoms with Crippen molar-refractivity contribution < 1.29 is 4.52 Å². The van der Waals surface area contributed by atoms with Crippen LogP contribution in [0.2, 0.25) is 0 Å². The van der Waals surface area contributed by atoms with Gasteiger partial charge < -0.3 is 10.3 Å². The third kappa shape index (κ3) is 1.61. The molecular formula is C11H10N6O. The number of rotatable bonds is 2. The van der Waals surface area contributed by atoms with Crippen molar-refractivity contribution in [2.45, 2.75) is 6.92 Å². The molecule has 3 heterocycles. The van der Waals surface area contributed by atoms with Crippen molar-refractivity contribution in [2.24, 2.45) is 0 Å². The van der Waals surface area contributed by atoms with E-state index in [1.807, 2.05) is 13.0 Å². The molecule has 0 aromatic carbocycles. The van der Waals surface area contributed by atoms with E-state index in [0.717, 1.165) is 11.1 Å². The molecule has 0 aliphatic rings. The fraction of sp³-hybridized carbons (Fsp3) is 0.0909. The Labute approximate surface area is 102 Å². The van der Waals surface area contributed by atoms with Gasteiger partial charge in [-0.15, -0.1) is 0 Å². The van der Waals surface area contributed by atoms with Crippen LogP contribution in [0.1, 0.15) is 5.56 Å². The molecule has 0 aliphatic heterocycles. The van der Waals surface area contributed by atoms with Crippen LogP contribution in [0.5, 0.6) is 0 Å². The second-order valence-corrected chi connectivity index (χ2v) is 3.81. The maximum absolute atomic E-state index is 5.69. The smallest absolute Gasteiger partial charge is 0.263 e. The molecule has 18 heavy (non-hydrogen) atoms. The molecule has 0 bridgehead atoms. The third-order valence-electron chi connectivity index (χ3n) is 2.61. The predicted octanol–water partition coefficient (Wildman–Crippen LogP) is 1.41. The number of aromatic amines is 1. The normalized spacial score (nSPS) is 10.7. The number of nitrogen functional groups attached to an aromatic ring is 1. The second kappa shape index (κ2) is 3.95. The number of H-pyrrole nitrogens is 1. The van der Waals surface area contributed by atoms with Gasteiger partial charge in [0.2, 0.25) is 5.82 Å². The summed E-state index contributed by atoms with van der Waals surface area (Å²) in [5.74, 6) is 1.21. The van der Waals surface area contributed by atoms with Crippen LogP contribution in [0, 0.1) is 6.92 Å². The zero-order valence-corrected chi connectivity index (χ0v) is 9.58. The molecule has 3 rings (SSSR count). The number of nitrogens with one attached hydrogen (secondary N) is 1. The number of nitrogens with zero attached hydrogens (tertiary/aromatic N) is 4. The highest BCUT2D eigenvalue weighted by Gasteiger charge is 2.15. The van der Waals surface area contributed by atoms with Gasteiger partial charge in [-0.05, 0) is 18.6 Å². The Morgan fingerprint density at radius 2 is 2.17 bits per heavy atom. The SMILES string of the molecule is Cc1ccncc1-c1noc(-c2cn[nH]c2N)n1. The zero-order valence-electron chi connectivity index (χ0n) is 9.58. The Morgan fingerprint density at radius 1 is 1.28 bits per heavy atom. The Hall–Kier alpha value is -2.70. The summed E-state index contributed by atoms with van der Waals surface area (Å²) >= 11 is 0. The highest BCUT2D eigenvalue weighted by atomic mass is 16.5. The van der Waals surface area contributed by atoms with Gasteiger partial charge in [-0.2, -0.15) is 10.1 Å². The minimum absolute atomic E-state index is 0.333. The number of aryl methyl sites for hydroxylation is 1. The maximum atomic E-state index is 5.69. The van der Waals surface area contributed by atoms with Crippen molar-refractivity contribution in [1.29, 1.82) is 0 Å². The lowest BCUT2D eigenvalue weighted by Gasteiger charge is -1.97. The van der Waals surface area contributed by atoms with E-state index in [1.54, 1.807) is 18.6 Å². The second-order valence-electron chi connectivity index (χ2n) is 3.81. The molecule has 0 fully saturated rings. The van der Waals surface area contributed by atoms with Crippen molar-refractivity contribution in [3.05, 3.63) is 30.2 Å². The molecule has 0 saturated heterocycles. The highest BCUT2D eigenvalue weighted by Crippen LogP contribution is 2.25. The lowest BCUT2D eigenvalue weighted by atomic mass is 10.1. The number of nitrogens with two attached hydrogens (primary N) is 1. The van der Waals surface area contributed by atoms with E-state index in [4.69, 9.17) is 10.3 Å². The number of pyridine rings is 1. The molecule has 3 N–H and O–H groups in total. The molecule has 0 saturated carbocycles. The summed E-state index contributed by atoms with van der Waals surface area (Å²) in [6.07, 6.45) is 4.96. The van der Waals surface area contributed by atoms with Gasteiger partial charge >= 0.3 is 0 Å². The van der Waals surface area contributed by atoms with Gasteiger partial charge in [0.05, 0.1) is 6.20 Å². The maximum Gasteiger partial charge on any atom is 0.263 e. The van der Waals surface area contributed by atoms with Gasteiger partial charge in [0, 0.05) is 18.0 Å². The topological polar surface area (TPSA) is 107 Å². The zero-order chi connectivity index (χ0) is 12.5. The summed E-state index contributed by atoms with van der Waals surface area (Å²) in [5.41, 5.74) is 8.14. The molecule has 0 unspecified atom stereocenters. The van der Waals surface area contributed by atoms with Crippen LogP contribution in [0.25, 0.3) is 22.8 Å². The predicted molar refractivity (Wildman–Crippen MR) is 64.3 cm³/mol. The summed E-state index contributed by atoms with van der Waals surface area (Å²) in [5, 5.41) is 10.3. The van der Waals surface area contributed by atoms with E-state index in [-0.39, 0.29) is 0 Å². The molecule has 0 spiro atoms. The summed E-state index contributed by atoms with van der Waals surface area (Å²) in [6.45, 7) is 1.96. The quantitative estimate of drug-likeness (QED) is 0.703. The van der Waals surface area contributed by atoms with Gasteiger partial charge in [-0.25, -0.2) is 0 Å². The molecule has 7 heteroatoms. The number of aromatic nitrogens is 5.